The summed E-state index contributed by atoms with van der Waals surface area (Å²) in [5.74, 6) is -0.255. The van der Waals surface area contributed by atoms with Crippen LogP contribution >= 0.6 is 11.6 Å². The summed E-state index contributed by atoms with van der Waals surface area (Å²) in [4.78, 5) is 29.1. The number of carbonyl (C=O) groups excluding carboxylic acids is 2. The second-order valence-corrected chi connectivity index (χ2v) is 13.0. The van der Waals surface area contributed by atoms with Gasteiger partial charge in [-0.15, -0.1) is 0 Å². The van der Waals surface area contributed by atoms with Crippen LogP contribution in [0.15, 0.2) is 83.8 Å². The van der Waals surface area contributed by atoms with Crippen LogP contribution in [0.3, 0.4) is 0 Å². The number of carbonyl (C=O) groups is 2. The quantitative estimate of drug-likeness (QED) is 0.357. The molecule has 0 heterocycles. The van der Waals surface area contributed by atoms with E-state index >= 15 is 0 Å². The fraction of sp³-hybridized carbons (Fsp3) is 0.333. The molecule has 0 radical (unpaired) electrons. The van der Waals surface area contributed by atoms with Gasteiger partial charge in [-0.3, -0.25) is 9.59 Å². The zero-order valence-electron chi connectivity index (χ0n) is 23.4. The highest BCUT2D eigenvalue weighted by molar-refractivity contribution is 7.89. The van der Waals surface area contributed by atoms with Crippen molar-refractivity contribution in [2.24, 2.45) is 0 Å². The number of sulfonamides is 1. The summed E-state index contributed by atoms with van der Waals surface area (Å²) in [6.45, 7) is 5.20. The molecule has 1 N–H and O–H groups in total. The van der Waals surface area contributed by atoms with Crippen molar-refractivity contribution in [2.45, 2.75) is 50.2 Å². The van der Waals surface area contributed by atoms with E-state index in [1.165, 1.54) is 36.2 Å². The molecule has 3 aromatic rings. The third-order valence-electron chi connectivity index (χ3n) is 6.14. The Morgan fingerprint density at radius 3 is 2.17 bits per heavy atom. The summed E-state index contributed by atoms with van der Waals surface area (Å²) in [6.07, 6.45) is 0.242. The Bertz CT molecular complexity index is 1410. The lowest BCUT2D eigenvalue weighted by molar-refractivity contribution is -0.141. The molecule has 0 saturated heterocycles. The lowest BCUT2D eigenvalue weighted by atomic mass is 10.0. The molecule has 0 saturated carbocycles. The SMILES string of the molecule is COc1cccc(CN(C(=O)CN(C)S(=O)(=O)c2ccc(Cl)cc2)C(Cc2ccccc2)C(=O)NC(C)(C)C)c1. The Morgan fingerprint density at radius 2 is 1.57 bits per heavy atom. The van der Waals surface area contributed by atoms with Crippen LogP contribution in [0, 0.1) is 0 Å². The van der Waals surface area contributed by atoms with E-state index in [1.807, 2.05) is 57.2 Å². The van der Waals surface area contributed by atoms with Gasteiger partial charge >= 0.3 is 0 Å². The molecule has 0 aromatic heterocycles. The topological polar surface area (TPSA) is 96.0 Å². The van der Waals surface area contributed by atoms with Gasteiger partial charge in [0.2, 0.25) is 21.8 Å². The third-order valence-corrected chi connectivity index (χ3v) is 8.21. The van der Waals surface area contributed by atoms with Crippen molar-refractivity contribution in [3.63, 3.8) is 0 Å². The van der Waals surface area contributed by atoms with E-state index in [0.29, 0.717) is 10.8 Å². The number of ether oxygens (including phenoxy) is 1. The molecule has 0 aliphatic heterocycles. The first kappa shape index (κ1) is 31.1. The van der Waals surface area contributed by atoms with Crippen LogP contribution in [-0.2, 0) is 32.6 Å². The molecule has 3 rings (SSSR count). The van der Waals surface area contributed by atoms with Gasteiger partial charge in [0.25, 0.3) is 0 Å². The van der Waals surface area contributed by atoms with Crippen LogP contribution in [0.4, 0.5) is 0 Å². The van der Waals surface area contributed by atoms with Crippen molar-refractivity contribution < 1.29 is 22.7 Å². The number of benzene rings is 3. The number of nitrogens with zero attached hydrogens (tertiary/aromatic N) is 2. The van der Waals surface area contributed by atoms with Crippen molar-refractivity contribution in [3.8, 4) is 5.75 Å². The maximum atomic E-state index is 13.9. The first-order valence-electron chi connectivity index (χ1n) is 12.8. The molecule has 214 valence electrons. The minimum Gasteiger partial charge on any atom is -0.497 e. The van der Waals surface area contributed by atoms with Crippen molar-refractivity contribution in [2.75, 3.05) is 20.7 Å². The first-order valence-corrected chi connectivity index (χ1v) is 14.6. The lowest BCUT2D eigenvalue weighted by Crippen LogP contribution is -2.56. The second-order valence-electron chi connectivity index (χ2n) is 10.5. The van der Waals surface area contributed by atoms with E-state index in [-0.39, 0.29) is 23.8 Å². The number of nitrogens with one attached hydrogen (secondary N) is 1. The minimum absolute atomic E-state index is 0.0119. The minimum atomic E-state index is -3.99. The smallest absolute Gasteiger partial charge is 0.243 e. The highest BCUT2D eigenvalue weighted by Crippen LogP contribution is 2.21. The Morgan fingerprint density at radius 1 is 0.950 bits per heavy atom. The first-order chi connectivity index (χ1) is 18.8. The van der Waals surface area contributed by atoms with Crippen LogP contribution in [0.5, 0.6) is 5.75 Å². The summed E-state index contributed by atoms with van der Waals surface area (Å²) < 4.78 is 32.8. The number of likely N-dealkylation sites (N-methyl/N-ethyl adjacent to an activating group) is 1. The molecule has 0 fully saturated rings. The average molecular weight is 586 g/mol. The molecular formula is C30H36ClN3O5S. The van der Waals surface area contributed by atoms with Gasteiger partial charge < -0.3 is 15.0 Å². The van der Waals surface area contributed by atoms with E-state index in [0.717, 1.165) is 15.4 Å². The second kappa shape index (κ2) is 13.3. The Hall–Kier alpha value is -3.40. The van der Waals surface area contributed by atoms with Crippen LogP contribution in [0.1, 0.15) is 31.9 Å². The van der Waals surface area contributed by atoms with Gasteiger partial charge in [-0.05, 0) is 68.3 Å². The van der Waals surface area contributed by atoms with Crippen LogP contribution in [0.2, 0.25) is 5.02 Å². The van der Waals surface area contributed by atoms with E-state index in [9.17, 15) is 18.0 Å². The van der Waals surface area contributed by atoms with Crippen LogP contribution < -0.4 is 10.1 Å². The molecule has 0 bridgehead atoms. The molecule has 1 unspecified atom stereocenters. The van der Waals surface area contributed by atoms with Gasteiger partial charge in [0.15, 0.2) is 0 Å². The number of amides is 2. The third kappa shape index (κ3) is 8.55. The Balaban J connectivity index is 2.01. The predicted octanol–water partition coefficient (Wildman–Crippen LogP) is 4.52. The van der Waals surface area contributed by atoms with Gasteiger partial charge in [-0.25, -0.2) is 8.42 Å². The van der Waals surface area contributed by atoms with Crippen molar-refractivity contribution in [3.05, 3.63) is 95.0 Å². The highest BCUT2D eigenvalue weighted by Gasteiger charge is 2.34. The summed E-state index contributed by atoms with van der Waals surface area (Å²) in [5.41, 5.74) is 1.05. The molecule has 0 aliphatic carbocycles. The number of hydrogen-bond acceptors (Lipinski definition) is 5. The normalized spacial score (nSPS) is 12.6. The Labute approximate surface area is 241 Å². The van der Waals surface area contributed by atoms with Crippen LogP contribution in [0.25, 0.3) is 0 Å². The number of hydrogen-bond donors (Lipinski definition) is 1. The van der Waals surface area contributed by atoms with Gasteiger partial charge in [0, 0.05) is 30.6 Å². The summed E-state index contributed by atoms with van der Waals surface area (Å²) in [6, 6.07) is 21.4. The van der Waals surface area contributed by atoms with E-state index < -0.39 is 34.1 Å². The molecule has 2 amide bonds. The standard InChI is InChI=1S/C30H36ClN3O5S/c1-30(2,3)32-29(36)27(19-22-10-7-6-8-11-22)34(20-23-12-9-13-25(18-23)39-5)28(35)21-33(4)40(37,38)26-16-14-24(31)15-17-26/h6-18,27H,19-21H2,1-5H3,(H,32,36). The lowest BCUT2D eigenvalue weighted by Gasteiger charge is -2.34. The summed E-state index contributed by atoms with van der Waals surface area (Å²) in [7, 11) is -1.11. The molecule has 0 aliphatic rings. The summed E-state index contributed by atoms with van der Waals surface area (Å²) >= 11 is 5.93. The Kier molecular flexibility index (Phi) is 10.4. The van der Waals surface area contributed by atoms with Gasteiger partial charge in [-0.1, -0.05) is 54.1 Å². The van der Waals surface area contributed by atoms with Crippen molar-refractivity contribution in [1.29, 1.82) is 0 Å². The molecule has 1 atom stereocenters. The monoisotopic (exact) mass is 585 g/mol. The molecule has 10 heteroatoms. The zero-order chi connectivity index (χ0) is 29.5. The molecule has 0 spiro atoms. The van der Waals surface area contributed by atoms with Gasteiger partial charge in [-0.2, -0.15) is 4.31 Å². The maximum Gasteiger partial charge on any atom is 0.243 e. The number of halogens is 1. The fourth-order valence-corrected chi connectivity index (χ4v) is 5.37. The van der Waals surface area contributed by atoms with Crippen LogP contribution in [-0.4, -0.2) is 61.7 Å². The highest BCUT2D eigenvalue weighted by atomic mass is 35.5. The maximum absolute atomic E-state index is 13.9. The molecular weight excluding hydrogens is 550 g/mol. The summed E-state index contributed by atoms with van der Waals surface area (Å²) in [5, 5.41) is 3.39. The molecule has 40 heavy (non-hydrogen) atoms. The predicted molar refractivity (Wildman–Crippen MR) is 157 cm³/mol. The zero-order valence-corrected chi connectivity index (χ0v) is 25.0. The van der Waals surface area contributed by atoms with E-state index in [1.54, 1.807) is 25.3 Å². The average Bonchev–Trinajstić information content (AvgIpc) is 2.90. The molecule has 8 nitrogen and oxygen atoms in total. The molecule has 3 aromatic carbocycles. The van der Waals surface area contributed by atoms with E-state index in [4.69, 9.17) is 16.3 Å². The van der Waals surface area contributed by atoms with Gasteiger partial charge in [0.1, 0.15) is 11.8 Å². The van der Waals surface area contributed by atoms with Gasteiger partial charge in [0.05, 0.1) is 18.6 Å². The van der Waals surface area contributed by atoms with Crippen molar-refractivity contribution >= 4 is 33.4 Å². The fourth-order valence-electron chi connectivity index (χ4n) is 4.13. The van der Waals surface area contributed by atoms with Crippen molar-refractivity contribution in [1.82, 2.24) is 14.5 Å². The number of rotatable bonds is 11. The largest absolute Gasteiger partial charge is 0.497 e. The number of methoxy groups -OCH3 is 1. The van der Waals surface area contributed by atoms with E-state index in [2.05, 4.69) is 5.32 Å².